The Labute approximate surface area is 131 Å². The summed E-state index contributed by atoms with van der Waals surface area (Å²) >= 11 is 0. The molecule has 0 saturated carbocycles. The van der Waals surface area contributed by atoms with Gasteiger partial charge in [0.1, 0.15) is 5.82 Å². The van der Waals surface area contributed by atoms with Gasteiger partial charge in [-0.2, -0.15) is 0 Å². The molecule has 1 amide bonds. The second-order valence-electron chi connectivity index (χ2n) is 6.49. The Morgan fingerprint density at radius 1 is 1.55 bits per heavy atom. The van der Waals surface area contributed by atoms with Gasteiger partial charge in [0.05, 0.1) is 25.4 Å². The van der Waals surface area contributed by atoms with Crippen molar-refractivity contribution in [3.8, 4) is 0 Å². The third-order valence-electron chi connectivity index (χ3n) is 4.69. The van der Waals surface area contributed by atoms with Crippen LogP contribution in [0.15, 0.2) is 18.3 Å². The van der Waals surface area contributed by atoms with Gasteiger partial charge in [0.15, 0.2) is 0 Å². The van der Waals surface area contributed by atoms with Crippen molar-refractivity contribution in [2.24, 2.45) is 11.3 Å². The molecular formula is C16H23N3O3. The molecule has 2 aliphatic heterocycles. The highest BCUT2D eigenvalue weighted by Crippen LogP contribution is 2.41. The van der Waals surface area contributed by atoms with Gasteiger partial charge in [-0.1, -0.05) is 0 Å². The number of carbonyl (C=O) groups is 1. The Kier molecular flexibility index (Phi) is 4.06. The molecule has 2 aliphatic rings. The lowest BCUT2D eigenvalue weighted by Gasteiger charge is -2.26. The Morgan fingerprint density at radius 2 is 2.36 bits per heavy atom. The summed E-state index contributed by atoms with van der Waals surface area (Å²) < 4.78 is 11.0. The number of methoxy groups -OCH3 is 1. The third-order valence-corrected chi connectivity index (χ3v) is 4.69. The quantitative estimate of drug-likeness (QED) is 0.826. The summed E-state index contributed by atoms with van der Waals surface area (Å²) in [5.41, 5.74) is 0.598. The van der Waals surface area contributed by atoms with Crippen molar-refractivity contribution in [2.75, 3.05) is 59.0 Å². The molecule has 120 valence electrons. The number of hydrogen-bond donors (Lipinski definition) is 0. The van der Waals surface area contributed by atoms with Crippen molar-refractivity contribution >= 4 is 11.7 Å². The van der Waals surface area contributed by atoms with Crippen LogP contribution < -0.4 is 4.90 Å². The van der Waals surface area contributed by atoms with E-state index in [1.807, 2.05) is 36.0 Å². The Bertz CT molecular complexity index is 546. The smallest absolute Gasteiger partial charge is 0.255 e. The maximum atomic E-state index is 12.7. The first kappa shape index (κ1) is 15.2. The lowest BCUT2D eigenvalue weighted by atomic mass is 9.82. The number of ether oxygens (including phenoxy) is 2. The first-order valence-corrected chi connectivity index (χ1v) is 7.55. The lowest BCUT2D eigenvalue weighted by Crippen LogP contribution is -2.37. The van der Waals surface area contributed by atoms with Crippen molar-refractivity contribution in [2.45, 2.75) is 0 Å². The fraction of sp³-hybridized carbons (Fsp3) is 0.625. The Morgan fingerprint density at radius 3 is 3.00 bits per heavy atom. The number of carbonyl (C=O) groups excluding carboxylic acids is 1. The van der Waals surface area contributed by atoms with Crippen LogP contribution in [0.3, 0.4) is 0 Å². The van der Waals surface area contributed by atoms with Gasteiger partial charge in [-0.25, -0.2) is 4.98 Å². The van der Waals surface area contributed by atoms with Crippen LogP contribution >= 0.6 is 0 Å². The highest BCUT2D eigenvalue weighted by atomic mass is 16.5. The largest absolute Gasteiger partial charge is 0.384 e. The average molecular weight is 305 g/mol. The van der Waals surface area contributed by atoms with Gasteiger partial charge in [-0.3, -0.25) is 4.79 Å². The topological polar surface area (TPSA) is 54.9 Å². The van der Waals surface area contributed by atoms with Crippen LogP contribution in [-0.2, 0) is 9.47 Å². The first-order chi connectivity index (χ1) is 10.6. The van der Waals surface area contributed by atoms with Crippen LogP contribution in [0.4, 0.5) is 5.82 Å². The Balaban J connectivity index is 1.73. The molecule has 0 radical (unpaired) electrons. The first-order valence-electron chi connectivity index (χ1n) is 7.55. The van der Waals surface area contributed by atoms with Crippen LogP contribution in [0.2, 0.25) is 0 Å². The van der Waals surface area contributed by atoms with E-state index in [1.165, 1.54) is 0 Å². The molecule has 0 aromatic carbocycles. The van der Waals surface area contributed by atoms with E-state index in [2.05, 4.69) is 4.98 Å². The van der Waals surface area contributed by atoms with E-state index in [-0.39, 0.29) is 11.3 Å². The van der Waals surface area contributed by atoms with Crippen LogP contribution in [-0.4, -0.2) is 69.9 Å². The van der Waals surface area contributed by atoms with Gasteiger partial charge in [0.2, 0.25) is 0 Å². The summed E-state index contributed by atoms with van der Waals surface area (Å²) in [6.45, 7) is 3.45. The average Bonchev–Trinajstić information content (AvgIpc) is 3.03. The zero-order valence-corrected chi connectivity index (χ0v) is 13.4. The summed E-state index contributed by atoms with van der Waals surface area (Å²) in [5, 5.41) is 0. The van der Waals surface area contributed by atoms with Crippen molar-refractivity contribution < 1.29 is 14.3 Å². The van der Waals surface area contributed by atoms with Crippen molar-refractivity contribution in [3.05, 3.63) is 23.9 Å². The Hall–Kier alpha value is -1.66. The minimum absolute atomic E-state index is 0.0403. The molecule has 2 atom stereocenters. The molecular weight excluding hydrogens is 282 g/mol. The standard InChI is InChI=1S/C16H23N3O3/c1-18(2)14-5-4-12(6-17-14)15(20)19-7-13-8-22-11-16(13,9-19)10-21-3/h4-6,13H,7-11H2,1-3H3/t13-,16-/m0/s1. The molecule has 0 spiro atoms. The number of pyridine rings is 1. The predicted octanol–water partition coefficient (Wildman–Crippen LogP) is 0.883. The van der Waals surface area contributed by atoms with E-state index in [4.69, 9.17) is 9.47 Å². The van der Waals surface area contributed by atoms with E-state index >= 15 is 0 Å². The van der Waals surface area contributed by atoms with Crippen LogP contribution in [0, 0.1) is 11.3 Å². The normalized spacial score (nSPS) is 27.0. The maximum Gasteiger partial charge on any atom is 0.255 e. The van der Waals surface area contributed by atoms with Gasteiger partial charge < -0.3 is 19.3 Å². The number of anilines is 1. The molecule has 6 nitrogen and oxygen atoms in total. The number of amides is 1. The van der Waals surface area contributed by atoms with Crippen molar-refractivity contribution in [1.29, 1.82) is 0 Å². The number of nitrogens with zero attached hydrogens (tertiary/aromatic N) is 3. The molecule has 0 N–H and O–H groups in total. The van der Waals surface area contributed by atoms with E-state index in [0.717, 1.165) is 12.4 Å². The molecule has 0 aliphatic carbocycles. The summed E-state index contributed by atoms with van der Waals surface area (Å²) in [4.78, 5) is 20.9. The summed E-state index contributed by atoms with van der Waals surface area (Å²) in [5.74, 6) is 1.26. The SMILES string of the molecule is COC[C@@]12COC[C@@H]1CN(C(=O)c1ccc(N(C)C)nc1)C2. The predicted molar refractivity (Wildman–Crippen MR) is 83.1 cm³/mol. The van der Waals surface area contributed by atoms with Crippen LogP contribution in [0.25, 0.3) is 0 Å². The van der Waals surface area contributed by atoms with Crippen LogP contribution in [0.5, 0.6) is 0 Å². The molecule has 1 aromatic heterocycles. The number of rotatable bonds is 4. The molecule has 0 bridgehead atoms. The van der Waals surface area contributed by atoms with E-state index in [1.54, 1.807) is 13.3 Å². The summed E-state index contributed by atoms with van der Waals surface area (Å²) in [6, 6.07) is 3.72. The minimum atomic E-state index is -0.0403. The van der Waals surface area contributed by atoms with Crippen LogP contribution in [0.1, 0.15) is 10.4 Å². The number of hydrogen-bond acceptors (Lipinski definition) is 5. The molecule has 2 saturated heterocycles. The number of aromatic nitrogens is 1. The lowest BCUT2D eigenvalue weighted by molar-refractivity contribution is 0.0489. The van der Waals surface area contributed by atoms with Gasteiger partial charge in [0.25, 0.3) is 5.91 Å². The fourth-order valence-electron chi connectivity index (χ4n) is 3.44. The molecule has 6 heteroatoms. The molecule has 3 heterocycles. The number of likely N-dealkylation sites (tertiary alicyclic amines) is 1. The monoisotopic (exact) mass is 305 g/mol. The van der Waals surface area contributed by atoms with Gasteiger partial charge in [0, 0.05) is 51.8 Å². The highest BCUT2D eigenvalue weighted by molar-refractivity contribution is 5.94. The van der Waals surface area contributed by atoms with E-state index < -0.39 is 0 Å². The molecule has 3 rings (SSSR count). The summed E-state index contributed by atoms with van der Waals surface area (Å²) in [6.07, 6.45) is 1.66. The fourth-order valence-corrected chi connectivity index (χ4v) is 3.44. The molecule has 2 fully saturated rings. The number of fused-ring (bicyclic) bond motifs is 1. The second kappa shape index (κ2) is 5.85. The minimum Gasteiger partial charge on any atom is -0.384 e. The van der Waals surface area contributed by atoms with E-state index in [9.17, 15) is 4.79 Å². The molecule has 0 unspecified atom stereocenters. The maximum absolute atomic E-state index is 12.7. The van der Waals surface area contributed by atoms with Crippen molar-refractivity contribution in [1.82, 2.24) is 9.88 Å². The van der Waals surface area contributed by atoms with Gasteiger partial charge in [-0.15, -0.1) is 0 Å². The van der Waals surface area contributed by atoms with Crippen molar-refractivity contribution in [3.63, 3.8) is 0 Å². The van der Waals surface area contributed by atoms with E-state index in [0.29, 0.717) is 37.8 Å². The molecule has 22 heavy (non-hydrogen) atoms. The van der Waals surface area contributed by atoms with Gasteiger partial charge >= 0.3 is 0 Å². The zero-order valence-electron chi connectivity index (χ0n) is 13.4. The molecule has 1 aromatic rings. The van der Waals surface area contributed by atoms with Gasteiger partial charge in [-0.05, 0) is 12.1 Å². The zero-order chi connectivity index (χ0) is 15.7. The second-order valence-corrected chi connectivity index (χ2v) is 6.49. The third kappa shape index (κ3) is 2.57. The highest BCUT2D eigenvalue weighted by Gasteiger charge is 2.51. The summed E-state index contributed by atoms with van der Waals surface area (Å²) in [7, 11) is 5.57.